The van der Waals surface area contributed by atoms with E-state index in [0.717, 1.165) is 32.4 Å². The van der Waals surface area contributed by atoms with Crippen LogP contribution in [0.2, 0.25) is 0 Å². The number of alkyl halides is 1. The van der Waals surface area contributed by atoms with Crippen LogP contribution in [0, 0.1) is 5.92 Å². The predicted molar refractivity (Wildman–Crippen MR) is 102 cm³/mol. The van der Waals surface area contributed by atoms with Crippen LogP contribution < -0.4 is 26.6 Å². The van der Waals surface area contributed by atoms with Crippen LogP contribution in [0.3, 0.4) is 0 Å². The highest BCUT2D eigenvalue weighted by Crippen LogP contribution is 2.40. The van der Waals surface area contributed by atoms with Crippen LogP contribution in [0.5, 0.6) is 0 Å². The third-order valence-electron chi connectivity index (χ3n) is 6.37. The number of rotatable bonds is 4. The molecule has 5 N–H and O–H groups in total. The lowest BCUT2D eigenvalue weighted by atomic mass is 9.74. The fraction of sp³-hybridized carbons (Fsp3) is 0.895. The number of ether oxygens (including phenoxy) is 2. The average Bonchev–Trinajstić information content (AvgIpc) is 2.95. The summed E-state index contributed by atoms with van der Waals surface area (Å²) in [6.07, 6.45) is 4.64. The molecule has 3 heterocycles. The second-order valence-electron chi connectivity index (χ2n) is 8.26. The van der Waals surface area contributed by atoms with Crippen molar-refractivity contribution in [2.24, 2.45) is 5.92 Å². The van der Waals surface area contributed by atoms with E-state index >= 15 is 4.39 Å². The maximum atomic E-state index is 15.8. The van der Waals surface area contributed by atoms with Crippen molar-refractivity contribution >= 4 is 0 Å². The maximum absolute atomic E-state index is 15.8. The van der Waals surface area contributed by atoms with Gasteiger partial charge in [0, 0.05) is 24.5 Å². The van der Waals surface area contributed by atoms with Crippen LogP contribution in [0.25, 0.3) is 0 Å². The highest BCUT2D eigenvalue weighted by molar-refractivity contribution is 5.18. The second-order valence-corrected chi connectivity index (χ2v) is 8.26. The van der Waals surface area contributed by atoms with E-state index in [2.05, 4.69) is 39.6 Å². The molecule has 8 heteroatoms. The first-order valence-corrected chi connectivity index (χ1v) is 10.4. The van der Waals surface area contributed by atoms with Crippen molar-refractivity contribution in [3.8, 4) is 0 Å². The van der Waals surface area contributed by atoms with Gasteiger partial charge < -0.3 is 20.1 Å². The molecule has 1 aliphatic carbocycles. The summed E-state index contributed by atoms with van der Waals surface area (Å²) in [5, 5.41) is 17.1. The zero-order chi connectivity index (χ0) is 18.8. The fourth-order valence-electron chi connectivity index (χ4n) is 4.99. The molecule has 0 bridgehead atoms. The van der Waals surface area contributed by atoms with Crippen LogP contribution in [0.1, 0.15) is 32.6 Å². The highest BCUT2D eigenvalue weighted by Gasteiger charge is 2.50. The van der Waals surface area contributed by atoms with Gasteiger partial charge in [-0.05, 0) is 46.2 Å². The molecule has 8 atom stereocenters. The SMILES string of the molecule is CNC1CC(C)NC(NC2CC3OCOC3C(C3=CCNCCC3)C2F)N1. The molecule has 1 saturated carbocycles. The minimum Gasteiger partial charge on any atom is -0.349 e. The number of fused-ring (bicyclic) bond motifs is 1. The van der Waals surface area contributed by atoms with E-state index in [1.165, 1.54) is 5.57 Å². The van der Waals surface area contributed by atoms with Gasteiger partial charge in [0.05, 0.1) is 18.4 Å². The summed E-state index contributed by atoms with van der Waals surface area (Å²) in [5.74, 6) is -0.232. The van der Waals surface area contributed by atoms with Gasteiger partial charge >= 0.3 is 0 Å². The number of nitrogens with one attached hydrogen (secondary N) is 5. The van der Waals surface area contributed by atoms with Gasteiger partial charge in [0.1, 0.15) is 19.3 Å². The molecule has 0 spiro atoms. The Balaban J connectivity index is 1.48. The standard InChI is InChI=1S/C19H34FN5O2/c1-11-8-15(21-2)25-19(23-11)24-13-9-14-18(27-10-26-14)16(17(13)20)12-4-3-6-22-7-5-12/h5,11,13-19,21-25H,3-4,6-10H2,1-2H3. The molecular weight excluding hydrogens is 349 g/mol. The summed E-state index contributed by atoms with van der Waals surface area (Å²) in [7, 11) is 1.95. The van der Waals surface area contributed by atoms with Crippen LogP contribution in [-0.2, 0) is 9.47 Å². The lowest BCUT2D eigenvalue weighted by molar-refractivity contribution is -0.0114. The Bertz CT molecular complexity index is 536. The summed E-state index contributed by atoms with van der Waals surface area (Å²) in [6, 6.07) is 0.0796. The Morgan fingerprint density at radius 2 is 2.11 bits per heavy atom. The van der Waals surface area contributed by atoms with E-state index in [9.17, 15) is 0 Å². The Hall–Kier alpha value is -0.610. The van der Waals surface area contributed by atoms with E-state index in [1.807, 2.05) is 7.05 Å². The summed E-state index contributed by atoms with van der Waals surface area (Å²) in [5.41, 5.74) is 1.19. The third-order valence-corrected chi connectivity index (χ3v) is 6.37. The minimum absolute atomic E-state index is 0.0438. The molecule has 3 fully saturated rings. The first-order valence-electron chi connectivity index (χ1n) is 10.4. The molecule has 0 aromatic carbocycles. The van der Waals surface area contributed by atoms with Gasteiger partial charge in [-0.25, -0.2) is 4.39 Å². The van der Waals surface area contributed by atoms with Crippen LogP contribution in [0.4, 0.5) is 4.39 Å². The Kier molecular flexibility index (Phi) is 6.43. The van der Waals surface area contributed by atoms with E-state index in [-0.39, 0.29) is 43.4 Å². The molecule has 3 aliphatic heterocycles. The van der Waals surface area contributed by atoms with Gasteiger partial charge in [-0.1, -0.05) is 11.6 Å². The van der Waals surface area contributed by atoms with Crippen LogP contribution >= 0.6 is 0 Å². The molecule has 4 rings (SSSR count). The first kappa shape index (κ1) is 19.7. The van der Waals surface area contributed by atoms with E-state index < -0.39 is 6.17 Å². The Morgan fingerprint density at radius 3 is 2.96 bits per heavy atom. The van der Waals surface area contributed by atoms with Crippen molar-refractivity contribution in [3.63, 3.8) is 0 Å². The third kappa shape index (κ3) is 4.37. The number of hydrogen-bond donors (Lipinski definition) is 5. The van der Waals surface area contributed by atoms with Crippen molar-refractivity contribution in [1.82, 2.24) is 26.6 Å². The number of halogens is 1. The van der Waals surface area contributed by atoms with Crippen molar-refractivity contribution in [3.05, 3.63) is 11.6 Å². The Morgan fingerprint density at radius 1 is 1.22 bits per heavy atom. The van der Waals surface area contributed by atoms with Gasteiger partial charge in [0.15, 0.2) is 0 Å². The first-order chi connectivity index (χ1) is 13.2. The molecule has 154 valence electrons. The number of hydrogen-bond acceptors (Lipinski definition) is 7. The van der Waals surface area contributed by atoms with E-state index in [4.69, 9.17) is 9.47 Å². The largest absolute Gasteiger partial charge is 0.349 e. The van der Waals surface area contributed by atoms with Gasteiger partial charge in [-0.3, -0.25) is 16.0 Å². The summed E-state index contributed by atoms with van der Waals surface area (Å²) < 4.78 is 27.4. The monoisotopic (exact) mass is 383 g/mol. The molecule has 0 radical (unpaired) electrons. The average molecular weight is 384 g/mol. The zero-order valence-electron chi connectivity index (χ0n) is 16.3. The second kappa shape index (κ2) is 8.82. The van der Waals surface area contributed by atoms with Crippen molar-refractivity contribution in [2.45, 2.75) is 75.5 Å². The molecule has 4 aliphatic rings. The normalized spacial score (nSPS) is 45.8. The minimum atomic E-state index is -0.994. The summed E-state index contributed by atoms with van der Waals surface area (Å²) in [4.78, 5) is 0. The van der Waals surface area contributed by atoms with Crippen molar-refractivity contribution in [1.29, 1.82) is 0 Å². The molecule has 0 amide bonds. The van der Waals surface area contributed by atoms with E-state index in [1.54, 1.807) is 0 Å². The zero-order valence-corrected chi connectivity index (χ0v) is 16.3. The van der Waals surface area contributed by atoms with Gasteiger partial charge in [0.25, 0.3) is 0 Å². The molecule has 0 aromatic heterocycles. The van der Waals surface area contributed by atoms with Gasteiger partial charge in [-0.2, -0.15) is 0 Å². The molecule has 2 saturated heterocycles. The smallest absolute Gasteiger partial charge is 0.147 e. The summed E-state index contributed by atoms with van der Waals surface area (Å²) >= 11 is 0. The van der Waals surface area contributed by atoms with Gasteiger partial charge in [-0.15, -0.1) is 0 Å². The molecule has 7 nitrogen and oxygen atoms in total. The molecule has 0 aromatic rings. The van der Waals surface area contributed by atoms with E-state index in [0.29, 0.717) is 12.5 Å². The predicted octanol–water partition coefficient (Wildman–Crippen LogP) is 0.154. The van der Waals surface area contributed by atoms with Crippen LogP contribution in [-0.4, -0.2) is 69.8 Å². The van der Waals surface area contributed by atoms with Crippen LogP contribution in [0.15, 0.2) is 11.6 Å². The quantitative estimate of drug-likeness (QED) is 0.443. The topological polar surface area (TPSA) is 78.6 Å². The molecule has 8 unspecified atom stereocenters. The fourth-order valence-corrected chi connectivity index (χ4v) is 4.99. The molecular formula is C19H34FN5O2. The summed E-state index contributed by atoms with van der Waals surface area (Å²) in [6.45, 7) is 4.22. The lowest BCUT2D eigenvalue weighted by Gasteiger charge is -2.44. The maximum Gasteiger partial charge on any atom is 0.147 e. The lowest BCUT2D eigenvalue weighted by Crippen LogP contribution is -2.69. The van der Waals surface area contributed by atoms with Crippen molar-refractivity contribution < 1.29 is 13.9 Å². The molecule has 27 heavy (non-hydrogen) atoms. The highest BCUT2D eigenvalue weighted by atomic mass is 19.1. The van der Waals surface area contributed by atoms with Crippen molar-refractivity contribution in [2.75, 3.05) is 26.9 Å². The Labute approximate surface area is 161 Å². The van der Waals surface area contributed by atoms with Gasteiger partial charge in [0.2, 0.25) is 0 Å².